The molecular weight excluding hydrogens is 401 g/mol. The van der Waals surface area contributed by atoms with Gasteiger partial charge in [0.05, 0.1) is 11.4 Å². The van der Waals surface area contributed by atoms with Crippen molar-refractivity contribution in [1.82, 2.24) is 9.78 Å². The molecule has 4 nitrogen and oxygen atoms in total. The standard InChI is InChI=1S/C27H38FN3O/c1-16-4-9-22-23(13-29)24(10-17(2)26(16)22)27(3)12-18-14-31(21-7-5-20(28)6-8-21)30-25(18)11-19(27)15-32/h5-8,14,16-17,19,22-24,26,32H,4,9-13,15,29H2,1-3H3/t16-,17+,19+,22+,23-,24-,26+,27-/m0/s1. The molecule has 0 amide bonds. The molecule has 0 radical (unpaired) electrons. The van der Waals surface area contributed by atoms with Crippen LogP contribution < -0.4 is 5.73 Å². The molecule has 3 aliphatic carbocycles. The summed E-state index contributed by atoms with van der Waals surface area (Å²) in [5, 5.41) is 15.3. The number of halogens is 1. The predicted octanol–water partition coefficient (Wildman–Crippen LogP) is 4.62. The molecule has 1 aromatic carbocycles. The number of nitrogens with zero attached hydrogens (tertiary/aromatic N) is 2. The van der Waals surface area contributed by atoms with Gasteiger partial charge in [0.1, 0.15) is 5.82 Å². The monoisotopic (exact) mass is 439 g/mol. The third-order valence-corrected chi connectivity index (χ3v) is 9.71. The Morgan fingerprint density at radius 1 is 1.19 bits per heavy atom. The second kappa shape index (κ2) is 8.25. The van der Waals surface area contributed by atoms with Gasteiger partial charge in [0.25, 0.3) is 0 Å². The van der Waals surface area contributed by atoms with Gasteiger partial charge in [0, 0.05) is 12.8 Å². The van der Waals surface area contributed by atoms with E-state index in [0.29, 0.717) is 17.8 Å². The first kappa shape index (κ1) is 22.1. The minimum absolute atomic E-state index is 0.00744. The maximum Gasteiger partial charge on any atom is 0.123 e. The lowest BCUT2D eigenvalue weighted by molar-refractivity contribution is -0.0605. The Labute approximate surface area is 191 Å². The highest BCUT2D eigenvalue weighted by atomic mass is 19.1. The topological polar surface area (TPSA) is 64.1 Å². The number of aliphatic hydroxyl groups excluding tert-OH is 1. The highest BCUT2D eigenvalue weighted by Gasteiger charge is 2.55. The predicted molar refractivity (Wildman–Crippen MR) is 125 cm³/mol. The van der Waals surface area contributed by atoms with Gasteiger partial charge >= 0.3 is 0 Å². The molecule has 5 heteroatoms. The molecule has 0 unspecified atom stereocenters. The Morgan fingerprint density at radius 3 is 2.62 bits per heavy atom. The summed E-state index contributed by atoms with van der Waals surface area (Å²) >= 11 is 0. The van der Waals surface area contributed by atoms with Crippen molar-refractivity contribution in [2.75, 3.05) is 13.2 Å². The van der Waals surface area contributed by atoms with Gasteiger partial charge in [-0.25, -0.2) is 9.07 Å². The van der Waals surface area contributed by atoms with E-state index in [1.54, 1.807) is 12.1 Å². The first-order valence-corrected chi connectivity index (χ1v) is 12.5. The SMILES string of the molecule is C[C@@H]1C[C@H]([C@@]2(C)Cc3cn(-c4ccc(F)cc4)nc3C[C@@H]2CO)[C@@H](CN)[C@H]2CC[C@H](C)[C@@H]21. The first-order chi connectivity index (χ1) is 15.4. The number of hydrogen-bond acceptors (Lipinski definition) is 3. The molecule has 2 saturated carbocycles. The normalized spacial score (nSPS) is 39.0. The third kappa shape index (κ3) is 3.43. The molecule has 5 rings (SSSR count). The van der Waals surface area contributed by atoms with E-state index in [2.05, 4.69) is 27.0 Å². The van der Waals surface area contributed by atoms with Crippen molar-refractivity contribution in [3.63, 3.8) is 0 Å². The highest BCUT2D eigenvalue weighted by molar-refractivity contribution is 5.35. The van der Waals surface area contributed by atoms with Crippen molar-refractivity contribution in [3.8, 4) is 5.69 Å². The van der Waals surface area contributed by atoms with Crippen molar-refractivity contribution in [1.29, 1.82) is 0 Å². The molecule has 2 aromatic rings. The van der Waals surface area contributed by atoms with Gasteiger partial charge in [-0.1, -0.05) is 27.2 Å². The van der Waals surface area contributed by atoms with Crippen LogP contribution in [0.2, 0.25) is 0 Å². The van der Waals surface area contributed by atoms with Crippen LogP contribution in [0.5, 0.6) is 0 Å². The maximum absolute atomic E-state index is 13.4. The zero-order valence-electron chi connectivity index (χ0n) is 19.7. The third-order valence-electron chi connectivity index (χ3n) is 9.71. The molecule has 1 aromatic heterocycles. The Hall–Kier alpha value is -1.72. The summed E-state index contributed by atoms with van der Waals surface area (Å²) in [7, 11) is 0. The van der Waals surface area contributed by atoms with Gasteiger partial charge in [-0.15, -0.1) is 0 Å². The van der Waals surface area contributed by atoms with Crippen molar-refractivity contribution in [2.24, 2.45) is 52.6 Å². The Balaban J connectivity index is 1.48. The van der Waals surface area contributed by atoms with E-state index in [1.807, 2.05) is 4.68 Å². The van der Waals surface area contributed by atoms with Gasteiger partial charge in [-0.3, -0.25) is 0 Å². The second-order valence-corrected chi connectivity index (χ2v) is 11.3. The molecule has 3 N–H and O–H groups in total. The van der Waals surface area contributed by atoms with Gasteiger partial charge < -0.3 is 10.8 Å². The lowest BCUT2D eigenvalue weighted by Crippen LogP contribution is -2.53. The van der Waals surface area contributed by atoms with Gasteiger partial charge in [-0.05, 0) is 109 Å². The van der Waals surface area contributed by atoms with Crippen molar-refractivity contribution in [3.05, 3.63) is 47.5 Å². The minimum atomic E-state index is -0.239. The van der Waals surface area contributed by atoms with E-state index >= 15 is 0 Å². The van der Waals surface area contributed by atoms with Crippen molar-refractivity contribution in [2.45, 2.75) is 52.9 Å². The fourth-order valence-electron chi connectivity index (χ4n) is 8.09. The van der Waals surface area contributed by atoms with E-state index in [1.165, 1.54) is 37.0 Å². The van der Waals surface area contributed by atoms with E-state index in [0.717, 1.165) is 48.5 Å². The molecule has 32 heavy (non-hydrogen) atoms. The summed E-state index contributed by atoms with van der Waals surface area (Å²) in [6, 6.07) is 6.49. The average Bonchev–Trinajstić information content (AvgIpc) is 3.37. The molecule has 3 aliphatic rings. The fraction of sp³-hybridized carbons (Fsp3) is 0.667. The molecule has 2 fully saturated rings. The second-order valence-electron chi connectivity index (χ2n) is 11.3. The average molecular weight is 440 g/mol. The van der Waals surface area contributed by atoms with Crippen LogP contribution in [-0.4, -0.2) is 28.0 Å². The van der Waals surface area contributed by atoms with Crippen molar-refractivity contribution >= 4 is 0 Å². The van der Waals surface area contributed by atoms with Crippen LogP contribution in [0.25, 0.3) is 5.69 Å². The minimum Gasteiger partial charge on any atom is -0.396 e. The lowest BCUT2D eigenvalue weighted by Gasteiger charge is -2.55. The summed E-state index contributed by atoms with van der Waals surface area (Å²) in [5.74, 6) is 4.05. The number of aromatic nitrogens is 2. The zero-order chi connectivity index (χ0) is 22.6. The molecule has 8 atom stereocenters. The Bertz CT molecular complexity index is 956. The van der Waals surface area contributed by atoms with Crippen LogP contribution in [0.1, 0.15) is 51.3 Å². The summed E-state index contributed by atoms with van der Waals surface area (Å²) in [6.07, 6.45) is 7.69. The van der Waals surface area contributed by atoms with Crippen LogP contribution in [0, 0.1) is 52.7 Å². The van der Waals surface area contributed by atoms with Crippen LogP contribution in [0.4, 0.5) is 4.39 Å². The van der Waals surface area contributed by atoms with Crippen LogP contribution in [0.3, 0.4) is 0 Å². The highest BCUT2D eigenvalue weighted by Crippen LogP contribution is 2.59. The summed E-state index contributed by atoms with van der Waals surface area (Å²) < 4.78 is 15.3. The molecule has 0 spiro atoms. The molecule has 174 valence electrons. The van der Waals surface area contributed by atoms with Gasteiger partial charge in [0.2, 0.25) is 0 Å². The number of benzene rings is 1. The summed E-state index contributed by atoms with van der Waals surface area (Å²) in [6.45, 7) is 8.24. The van der Waals surface area contributed by atoms with Crippen LogP contribution in [-0.2, 0) is 12.8 Å². The smallest absolute Gasteiger partial charge is 0.123 e. The summed E-state index contributed by atoms with van der Waals surface area (Å²) in [5.41, 5.74) is 9.70. The van der Waals surface area contributed by atoms with E-state index in [4.69, 9.17) is 10.8 Å². The van der Waals surface area contributed by atoms with Crippen LogP contribution >= 0.6 is 0 Å². The fourth-order valence-corrected chi connectivity index (χ4v) is 8.09. The van der Waals surface area contributed by atoms with E-state index in [-0.39, 0.29) is 23.8 Å². The number of rotatable bonds is 4. The molecule has 1 heterocycles. The summed E-state index contributed by atoms with van der Waals surface area (Å²) in [4.78, 5) is 0. The lowest BCUT2D eigenvalue weighted by atomic mass is 9.50. The first-order valence-electron chi connectivity index (χ1n) is 12.5. The van der Waals surface area contributed by atoms with Crippen LogP contribution in [0.15, 0.2) is 30.5 Å². The zero-order valence-corrected chi connectivity index (χ0v) is 19.7. The largest absolute Gasteiger partial charge is 0.396 e. The quantitative estimate of drug-likeness (QED) is 0.731. The molecule has 0 saturated heterocycles. The molecular formula is C27H38FN3O. The number of fused-ring (bicyclic) bond motifs is 2. The Morgan fingerprint density at radius 2 is 1.94 bits per heavy atom. The maximum atomic E-state index is 13.4. The molecule has 0 bridgehead atoms. The molecule has 0 aliphatic heterocycles. The van der Waals surface area contributed by atoms with E-state index < -0.39 is 0 Å². The van der Waals surface area contributed by atoms with Gasteiger partial charge in [0.15, 0.2) is 0 Å². The van der Waals surface area contributed by atoms with Gasteiger partial charge in [-0.2, -0.15) is 5.10 Å². The number of hydrogen-bond donors (Lipinski definition) is 2. The Kier molecular flexibility index (Phi) is 5.69. The van der Waals surface area contributed by atoms with Crippen molar-refractivity contribution < 1.29 is 9.50 Å². The number of aliphatic hydroxyl groups is 1. The van der Waals surface area contributed by atoms with E-state index in [9.17, 15) is 9.50 Å². The number of nitrogens with two attached hydrogens (primary N) is 1.